The largest absolute Gasteiger partial charge is 0.352 e. The molecule has 0 radical (unpaired) electrons. The minimum absolute atomic E-state index is 0.0786. The van der Waals surface area contributed by atoms with Gasteiger partial charge in [0, 0.05) is 6.04 Å². The van der Waals surface area contributed by atoms with E-state index in [4.69, 9.17) is 0 Å². The van der Waals surface area contributed by atoms with Crippen LogP contribution in [0.4, 0.5) is 0 Å². The molecule has 1 amide bonds. The summed E-state index contributed by atoms with van der Waals surface area (Å²) in [6.07, 6.45) is 6.89. The Hall–Kier alpha value is -0.570. The maximum Gasteiger partial charge on any atom is 0.237 e. The van der Waals surface area contributed by atoms with Gasteiger partial charge in [-0.25, -0.2) is 0 Å². The van der Waals surface area contributed by atoms with Gasteiger partial charge in [0.2, 0.25) is 5.91 Å². The van der Waals surface area contributed by atoms with Crippen molar-refractivity contribution in [1.29, 1.82) is 0 Å². The Balaban J connectivity index is 1.76. The van der Waals surface area contributed by atoms with E-state index < -0.39 is 0 Å². The van der Waals surface area contributed by atoms with Crippen LogP contribution in [-0.2, 0) is 4.79 Å². The highest BCUT2D eigenvalue weighted by molar-refractivity contribution is 5.82. The second kappa shape index (κ2) is 4.74. The highest BCUT2D eigenvalue weighted by Gasteiger charge is 2.29. The molecule has 1 atom stereocenters. The van der Waals surface area contributed by atoms with Crippen LogP contribution >= 0.6 is 0 Å². The highest BCUT2D eigenvalue weighted by Crippen LogP contribution is 2.35. The number of hydrogen-bond donors (Lipinski definition) is 2. The van der Waals surface area contributed by atoms with E-state index in [9.17, 15) is 4.79 Å². The average Bonchev–Trinajstić information content (AvgIpc) is 2.74. The molecule has 0 unspecified atom stereocenters. The molecular weight excluding hydrogens is 200 g/mol. The molecule has 0 spiro atoms. The van der Waals surface area contributed by atoms with Gasteiger partial charge in [-0.2, -0.15) is 0 Å². The standard InChI is InChI=1S/C13H24N2O/c1-13(2)7-5-10(6-8-13)15-12(16)11-4-3-9-14-11/h10-11,14H,3-9H2,1-2H3,(H,15,16)/t11-/m0/s1. The predicted molar refractivity (Wildman–Crippen MR) is 65.2 cm³/mol. The Labute approximate surface area is 98.4 Å². The smallest absolute Gasteiger partial charge is 0.237 e. The lowest BCUT2D eigenvalue weighted by Crippen LogP contribution is -2.46. The van der Waals surface area contributed by atoms with E-state index in [2.05, 4.69) is 24.5 Å². The summed E-state index contributed by atoms with van der Waals surface area (Å²) in [6, 6.07) is 0.498. The number of rotatable bonds is 2. The van der Waals surface area contributed by atoms with Gasteiger partial charge in [0.1, 0.15) is 0 Å². The SMILES string of the molecule is CC1(C)CCC(NC(=O)[C@@H]2CCCN2)CC1. The Bertz CT molecular complexity index is 247. The summed E-state index contributed by atoms with van der Waals surface area (Å²) in [7, 11) is 0. The number of nitrogens with one attached hydrogen (secondary N) is 2. The van der Waals surface area contributed by atoms with Crippen molar-refractivity contribution in [3.05, 3.63) is 0 Å². The van der Waals surface area contributed by atoms with Crippen LogP contribution in [0.15, 0.2) is 0 Å². The third-order valence-corrected chi connectivity index (χ3v) is 4.06. The zero-order chi connectivity index (χ0) is 11.6. The first-order valence-corrected chi connectivity index (χ1v) is 6.61. The van der Waals surface area contributed by atoms with Gasteiger partial charge in [-0.15, -0.1) is 0 Å². The molecule has 1 saturated heterocycles. The number of carbonyl (C=O) groups is 1. The summed E-state index contributed by atoms with van der Waals surface area (Å²) < 4.78 is 0. The molecule has 92 valence electrons. The molecule has 2 rings (SSSR count). The zero-order valence-corrected chi connectivity index (χ0v) is 10.5. The molecule has 3 heteroatoms. The molecule has 1 aliphatic carbocycles. The second-order valence-corrected chi connectivity index (χ2v) is 6.10. The normalized spacial score (nSPS) is 30.2. The molecule has 3 nitrogen and oxygen atoms in total. The van der Waals surface area contributed by atoms with Gasteiger partial charge in [-0.1, -0.05) is 13.8 Å². The minimum Gasteiger partial charge on any atom is -0.352 e. The van der Waals surface area contributed by atoms with E-state index in [1.807, 2.05) is 0 Å². The Kier molecular flexibility index (Phi) is 3.53. The van der Waals surface area contributed by atoms with Crippen LogP contribution in [0, 0.1) is 5.41 Å². The molecule has 16 heavy (non-hydrogen) atoms. The Morgan fingerprint density at radius 2 is 1.94 bits per heavy atom. The number of carbonyl (C=O) groups excluding carboxylic acids is 1. The predicted octanol–water partition coefficient (Wildman–Crippen LogP) is 1.82. The molecule has 1 heterocycles. The van der Waals surface area contributed by atoms with E-state index in [1.54, 1.807) is 0 Å². The molecule has 2 aliphatic rings. The summed E-state index contributed by atoms with van der Waals surface area (Å²) in [4.78, 5) is 11.9. The quantitative estimate of drug-likeness (QED) is 0.751. The van der Waals surface area contributed by atoms with Gasteiger partial charge < -0.3 is 10.6 Å². The van der Waals surface area contributed by atoms with Gasteiger partial charge in [0.15, 0.2) is 0 Å². The maximum atomic E-state index is 11.9. The summed E-state index contributed by atoms with van der Waals surface area (Å²) in [5.74, 6) is 0.224. The van der Waals surface area contributed by atoms with Crippen molar-refractivity contribution in [2.45, 2.75) is 64.5 Å². The highest BCUT2D eigenvalue weighted by atomic mass is 16.2. The summed E-state index contributed by atoms with van der Waals surface area (Å²) in [5, 5.41) is 6.45. The van der Waals surface area contributed by atoms with Gasteiger partial charge >= 0.3 is 0 Å². The average molecular weight is 224 g/mol. The summed E-state index contributed by atoms with van der Waals surface area (Å²) >= 11 is 0. The third kappa shape index (κ3) is 2.97. The van der Waals surface area contributed by atoms with Crippen molar-refractivity contribution in [2.24, 2.45) is 5.41 Å². The van der Waals surface area contributed by atoms with Gasteiger partial charge in [-0.05, 0) is 50.5 Å². The molecule has 2 N–H and O–H groups in total. The van der Waals surface area contributed by atoms with Crippen LogP contribution in [0.25, 0.3) is 0 Å². The van der Waals surface area contributed by atoms with Crippen LogP contribution in [0.3, 0.4) is 0 Å². The van der Waals surface area contributed by atoms with Crippen molar-refractivity contribution in [1.82, 2.24) is 10.6 Å². The van der Waals surface area contributed by atoms with Crippen LogP contribution in [0.5, 0.6) is 0 Å². The fourth-order valence-electron chi connectivity index (χ4n) is 2.75. The number of hydrogen-bond acceptors (Lipinski definition) is 2. The summed E-state index contributed by atoms with van der Waals surface area (Å²) in [5.41, 5.74) is 0.479. The lowest BCUT2D eigenvalue weighted by Gasteiger charge is -2.35. The van der Waals surface area contributed by atoms with Crippen LogP contribution in [0.2, 0.25) is 0 Å². The molecular formula is C13H24N2O. The van der Waals surface area contributed by atoms with Crippen molar-refractivity contribution < 1.29 is 4.79 Å². The molecule has 0 aromatic rings. The monoisotopic (exact) mass is 224 g/mol. The molecule has 0 aromatic carbocycles. The van der Waals surface area contributed by atoms with Crippen molar-refractivity contribution >= 4 is 5.91 Å². The lowest BCUT2D eigenvalue weighted by molar-refractivity contribution is -0.123. The van der Waals surface area contributed by atoms with E-state index in [0.717, 1.165) is 32.2 Å². The molecule has 2 fully saturated rings. The van der Waals surface area contributed by atoms with Crippen LogP contribution in [0.1, 0.15) is 52.4 Å². The first kappa shape index (κ1) is 11.9. The Morgan fingerprint density at radius 3 is 2.50 bits per heavy atom. The molecule has 1 saturated carbocycles. The fraction of sp³-hybridized carbons (Fsp3) is 0.923. The topological polar surface area (TPSA) is 41.1 Å². The lowest BCUT2D eigenvalue weighted by atomic mass is 9.75. The minimum atomic E-state index is 0.0786. The number of amides is 1. The maximum absolute atomic E-state index is 11.9. The first-order chi connectivity index (χ1) is 7.57. The molecule has 1 aliphatic heterocycles. The van der Waals surface area contributed by atoms with Crippen molar-refractivity contribution in [3.63, 3.8) is 0 Å². The van der Waals surface area contributed by atoms with Crippen molar-refractivity contribution in [2.75, 3.05) is 6.54 Å². The summed E-state index contributed by atoms with van der Waals surface area (Å²) in [6.45, 7) is 5.64. The van der Waals surface area contributed by atoms with Crippen LogP contribution in [-0.4, -0.2) is 24.5 Å². The van der Waals surface area contributed by atoms with Gasteiger partial charge in [-0.3, -0.25) is 4.79 Å². The van der Waals surface area contributed by atoms with E-state index in [1.165, 1.54) is 12.8 Å². The Morgan fingerprint density at radius 1 is 1.25 bits per heavy atom. The first-order valence-electron chi connectivity index (χ1n) is 6.61. The van der Waals surface area contributed by atoms with Gasteiger partial charge in [0.25, 0.3) is 0 Å². The van der Waals surface area contributed by atoms with Crippen LogP contribution < -0.4 is 10.6 Å². The third-order valence-electron chi connectivity index (χ3n) is 4.06. The molecule has 0 bridgehead atoms. The van der Waals surface area contributed by atoms with E-state index in [0.29, 0.717) is 11.5 Å². The second-order valence-electron chi connectivity index (χ2n) is 6.10. The zero-order valence-electron chi connectivity index (χ0n) is 10.5. The van der Waals surface area contributed by atoms with Crippen molar-refractivity contribution in [3.8, 4) is 0 Å². The van der Waals surface area contributed by atoms with E-state index >= 15 is 0 Å². The fourth-order valence-corrected chi connectivity index (χ4v) is 2.75. The van der Waals surface area contributed by atoms with E-state index in [-0.39, 0.29) is 11.9 Å². The molecule has 0 aromatic heterocycles. The van der Waals surface area contributed by atoms with Gasteiger partial charge in [0.05, 0.1) is 6.04 Å².